The number of aromatic nitrogens is 5. The highest BCUT2D eigenvalue weighted by molar-refractivity contribution is 9.10. The smallest absolute Gasteiger partial charge is 0.248 e. The molecule has 1 saturated carbocycles. The van der Waals surface area contributed by atoms with Crippen molar-refractivity contribution < 1.29 is 14.4 Å². The lowest BCUT2D eigenvalue weighted by molar-refractivity contribution is -0.139. The zero-order valence-corrected chi connectivity index (χ0v) is 34.4. The number of ketones is 1. The molecule has 2 aliphatic carbocycles. The molecule has 0 radical (unpaired) electrons. The first-order valence-electron chi connectivity index (χ1n) is 20.0. The molecule has 2 fully saturated rings. The second-order valence-electron chi connectivity index (χ2n) is 16.0. The third-order valence-corrected chi connectivity index (χ3v) is 12.9. The molecule has 6 aromatic rings. The van der Waals surface area contributed by atoms with Gasteiger partial charge in [-0.2, -0.15) is 5.10 Å². The number of likely N-dealkylation sites (tertiary alicyclic amines) is 1. The Bertz CT molecular complexity index is 2610. The lowest BCUT2D eigenvalue weighted by Crippen LogP contribution is -2.49. The van der Waals surface area contributed by atoms with E-state index in [-0.39, 0.29) is 35.9 Å². The molecule has 1 N–H and O–H groups in total. The van der Waals surface area contributed by atoms with Crippen LogP contribution in [0.5, 0.6) is 0 Å². The lowest BCUT2D eigenvalue weighted by atomic mass is 9.75. The molecule has 3 aromatic heterocycles. The highest BCUT2D eigenvalue weighted by Gasteiger charge is 2.57. The summed E-state index contributed by atoms with van der Waals surface area (Å²) in [5, 5.41) is 8.40. The fourth-order valence-electron chi connectivity index (χ4n) is 9.42. The van der Waals surface area contributed by atoms with Crippen LogP contribution < -0.4 is 5.32 Å². The number of hydrogen-bond donors (Lipinski definition) is 1. The van der Waals surface area contributed by atoms with Crippen LogP contribution >= 0.6 is 15.9 Å². The molecule has 3 aliphatic rings. The van der Waals surface area contributed by atoms with E-state index in [1.807, 2.05) is 44.2 Å². The number of carbonyl (C=O) groups excluding carboxylic acids is 3. The van der Waals surface area contributed by atoms with Gasteiger partial charge in [-0.1, -0.05) is 85.7 Å². The largest absolute Gasteiger partial charge is 0.324 e. The van der Waals surface area contributed by atoms with Gasteiger partial charge in [-0.15, -0.1) is 0 Å². The van der Waals surface area contributed by atoms with Crippen LogP contribution in [0.25, 0.3) is 33.2 Å². The average molecular weight is 835 g/mol. The molecule has 9 rings (SSSR count). The molecule has 10 nitrogen and oxygen atoms in total. The van der Waals surface area contributed by atoms with Crippen LogP contribution in [0, 0.1) is 13.8 Å². The molecule has 292 valence electrons. The first kappa shape index (κ1) is 37.7. The van der Waals surface area contributed by atoms with Gasteiger partial charge in [0.25, 0.3) is 0 Å². The van der Waals surface area contributed by atoms with Crippen LogP contribution in [0.1, 0.15) is 84.4 Å². The number of amides is 2. The predicted octanol–water partition coefficient (Wildman–Crippen LogP) is 9.30. The number of nitrogens with zero attached hydrogens (tertiary/aromatic N) is 6. The van der Waals surface area contributed by atoms with Crippen molar-refractivity contribution in [3.8, 4) is 22.3 Å². The van der Waals surface area contributed by atoms with Crippen molar-refractivity contribution in [3.05, 3.63) is 136 Å². The van der Waals surface area contributed by atoms with Crippen molar-refractivity contribution in [3.63, 3.8) is 0 Å². The van der Waals surface area contributed by atoms with E-state index in [0.717, 1.165) is 33.4 Å². The number of halogens is 1. The number of pyridine rings is 1. The quantitative estimate of drug-likeness (QED) is 0.0876. The third-order valence-electron chi connectivity index (χ3n) is 12.4. The van der Waals surface area contributed by atoms with E-state index in [1.165, 1.54) is 38.2 Å². The van der Waals surface area contributed by atoms with Crippen molar-refractivity contribution in [2.24, 2.45) is 0 Å². The maximum absolute atomic E-state index is 14.9. The average Bonchev–Trinajstić information content (AvgIpc) is 4.04. The van der Waals surface area contributed by atoms with Crippen LogP contribution in [-0.2, 0) is 21.5 Å². The van der Waals surface area contributed by atoms with Gasteiger partial charge in [-0.3, -0.25) is 19.1 Å². The molecule has 1 aliphatic heterocycles. The summed E-state index contributed by atoms with van der Waals surface area (Å²) in [6.07, 6.45) is 13.9. The van der Waals surface area contributed by atoms with E-state index in [9.17, 15) is 14.4 Å². The summed E-state index contributed by atoms with van der Waals surface area (Å²) in [5.74, 6) is 0.971. The zero-order chi connectivity index (χ0) is 40.1. The van der Waals surface area contributed by atoms with Gasteiger partial charge in [0.1, 0.15) is 34.5 Å². The number of carbonyl (C=O) groups is 3. The number of fused-ring (bicyclic) bond motifs is 2. The van der Waals surface area contributed by atoms with E-state index >= 15 is 0 Å². The topological polar surface area (TPSA) is 123 Å². The molecular weight excluding hydrogens is 790 g/mol. The SMILES string of the molecule is CC(=O)c1nn(CC(=O)N2[C@H](C(=O)Nc3nc(Br)ccc3C)C[C@@]3(c4cccc(-c5ccc(C6CCCC6)cc5)c4)C=CC[C@@H]23)c2ccc(-c3cnc(C)nc3)cc12. The minimum atomic E-state index is -0.806. The lowest BCUT2D eigenvalue weighted by Gasteiger charge is -2.33. The van der Waals surface area contributed by atoms with Gasteiger partial charge in [0, 0.05) is 41.7 Å². The molecule has 58 heavy (non-hydrogen) atoms. The number of anilines is 1. The molecule has 3 aromatic carbocycles. The van der Waals surface area contributed by atoms with Gasteiger partial charge >= 0.3 is 0 Å². The van der Waals surface area contributed by atoms with E-state index in [2.05, 4.69) is 96.9 Å². The number of aryl methyl sites for hydroxylation is 2. The van der Waals surface area contributed by atoms with Crippen molar-refractivity contribution >= 4 is 50.2 Å². The number of Topliss-reactive ketones (excluding diaryl/α,β-unsaturated/α-hetero) is 1. The van der Waals surface area contributed by atoms with Crippen molar-refractivity contribution in [1.29, 1.82) is 0 Å². The summed E-state index contributed by atoms with van der Waals surface area (Å²) in [5.41, 5.74) is 7.46. The standard InChI is InChI=1S/C47H44BrN7O3/c1-28-13-20-42(48)51-45(28)52-46(58)40-24-47(37-11-6-10-34(22-37)33-16-14-32(15-17-33)31-8-4-5-9-31)21-7-12-41(47)55(40)43(57)27-54-39-19-18-35(36-25-49-30(3)50-26-36)23-38(39)44(53-54)29(2)56/h6-7,10-11,13-23,25-26,31,40-41H,4-5,8-9,12,24,27H2,1-3H3,(H,51,52,58)/t40-,41+,47+/m0/s1. The Morgan fingerprint density at radius 1 is 0.879 bits per heavy atom. The monoisotopic (exact) mass is 833 g/mol. The molecule has 0 bridgehead atoms. The summed E-state index contributed by atoms with van der Waals surface area (Å²) in [7, 11) is 0. The van der Waals surface area contributed by atoms with E-state index in [1.54, 1.807) is 22.0 Å². The Balaban J connectivity index is 1.07. The maximum Gasteiger partial charge on any atom is 0.248 e. The predicted molar refractivity (Wildman–Crippen MR) is 228 cm³/mol. The molecular formula is C47H44BrN7O3. The van der Waals surface area contributed by atoms with Gasteiger partial charge in [0.15, 0.2) is 5.78 Å². The van der Waals surface area contributed by atoms with Gasteiger partial charge in [-0.25, -0.2) is 15.0 Å². The molecule has 4 heterocycles. The minimum absolute atomic E-state index is 0.158. The number of nitrogens with one attached hydrogen (secondary N) is 1. The van der Waals surface area contributed by atoms with E-state index in [0.29, 0.717) is 45.9 Å². The molecule has 3 atom stereocenters. The van der Waals surface area contributed by atoms with Gasteiger partial charge in [-0.05, 0) is 113 Å². The first-order valence-corrected chi connectivity index (χ1v) is 20.8. The molecule has 0 unspecified atom stereocenters. The van der Waals surface area contributed by atoms with E-state index < -0.39 is 11.5 Å². The number of hydrogen-bond acceptors (Lipinski definition) is 7. The molecule has 0 spiro atoms. The summed E-state index contributed by atoms with van der Waals surface area (Å²) < 4.78 is 2.19. The van der Waals surface area contributed by atoms with E-state index in [4.69, 9.17) is 5.10 Å². The Morgan fingerprint density at radius 2 is 1.62 bits per heavy atom. The Morgan fingerprint density at radius 3 is 2.38 bits per heavy atom. The van der Waals surface area contributed by atoms with Crippen molar-refractivity contribution in [2.45, 2.75) is 89.3 Å². The Hall–Kier alpha value is -5.81. The summed E-state index contributed by atoms with van der Waals surface area (Å²) in [6.45, 7) is 5.04. The summed E-state index contributed by atoms with van der Waals surface area (Å²) >= 11 is 3.44. The Labute approximate surface area is 345 Å². The fourth-order valence-corrected chi connectivity index (χ4v) is 9.73. The second-order valence-corrected chi connectivity index (χ2v) is 16.8. The number of rotatable bonds is 9. The van der Waals surface area contributed by atoms with Crippen LogP contribution in [0.3, 0.4) is 0 Å². The van der Waals surface area contributed by atoms with Gasteiger partial charge < -0.3 is 10.2 Å². The first-order chi connectivity index (χ1) is 28.1. The van der Waals surface area contributed by atoms with Gasteiger partial charge in [0.05, 0.1) is 5.52 Å². The molecule has 11 heteroatoms. The van der Waals surface area contributed by atoms with Crippen LogP contribution in [0.2, 0.25) is 0 Å². The minimum Gasteiger partial charge on any atom is -0.324 e. The van der Waals surface area contributed by atoms with Crippen LogP contribution in [0.4, 0.5) is 5.82 Å². The van der Waals surface area contributed by atoms with Crippen LogP contribution in [0.15, 0.2) is 108 Å². The normalized spacial score (nSPS) is 20.2. The third kappa shape index (κ3) is 6.85. The molecule has 2 amide bonds. The van der Waals surface area contributed by atoms with Crippen LogP contribution in [-0.4, -0.2) is 59.3 Å². The fraction of sp³-hybridized carbons (Fsp3) is 0.298. The van der Waals surface area contributed by atoms with Crippen molar-refractivity contribution in [2.75, 3.05) is 5.32 Å². The highest BCUT2D eigenvalue weighted by atomic mass is 79.9. The molecule has 1 saturated heterocycles. The summed E-state index contributed by atoms with van der Waals surface area (Å²) in [6, 6.07) is 25.8. The van der Waals surface area contributed by atoms with Gasteiger partial charge in [0.2, 0.25) is 11.8 Å². The second kappa shape index (κ2) is 15.2. The highest BCUT2D eigenvalue weighted by Crippen LogP contribution is 2.50. The maximum atomic E-state index is 14.9. The Kier molecular flexibility index (Phi) is 9.87. The zero-order valence-electron chi connectivity index (χ0n) is 32.8. The van der Waals surface area contributed by atoms with Crippen molar-refractivity contribution in [1.82, 2.24) is 29.6 Å². The number of benzene rings is 3. The summed E-state index contributed by atoms with van der Waals surface area (Å²) in [4.78, 5) is 57.4.